The van der Waals surface area contributed by atoms with E-state index in [1.54, 1.807) is 0 Å². The van der Waals surface area contributed by atoms with Crippen molar-refractivity contribution in [2.45, 2.75) is 56.5 Å². The molecule has 1 saturated heterocycles. The van der Waals surface area contributed by atoms with E-state index in [0.717, 1.165) is 47.9 Å². The van der Waals surface area contributed by atoms with Gasteiger partial charge in [0.2, 0.25) is 5.91 Å². The molecule has 0 radical (unpaired) electrons. The Balaban J connectivity index is 1.26. The first-order valence-electron chi connectivity index (χ1n) is 12.2. The van der Waals surface area contributed by atoms with Crippen molar-refractivity contribution < 1.29 is 24.2 Å². The number of hydrogen-bond acceptors (Lipinski definition) is 4. The first-order valence-corrected chi connectivity index (χ1v) is 12.2. The van der Waals surface area contributed by atoms with Crippen molar-refractivity contribution in [2.75, 3.05) is 13.2 Å². The van der Waals surface area contributed by atoms with Crippen LogP contribution >= 0.6 is 0 Å². The van der Waals surface area contributed by atoms with Crippen LogP contribution in [-0.4, -0.2) is 53.2 Å². The van der Waals surface area contributed by atoms with Gasteiger partial charge in [0, 0.05) is 24.9 Å². The zero-order chi connectivity index (χ0) is 23.7. The molecular weight excluding hydrogens is 432 g/mol. The third-order valence-corrected chi connectivity index (χ3v) is 7.33. The third-order valence-electron chi connectivity index (χ3n) is 7.33. The lowest BCUT2D eigenvalue weighted by atomic mass is 9.98. The Morgan fingerprint density at radius 2 is 1.65 bits per heavy atom. The van der Waals surface area contributed by atoms with Crippen LogP contribution in [0.5, 0.6) is 0 Å². The van der Waals surface area contributed by atoms with Crippen LogP contribution in [0.2, 0.25) is 0 Å². The van der Waals surface area contributed by atoms with Gasteiger partial charge in [0.15, 0.2) is 0 Å². The number of fused-ring (bicyclic) bond motifs is 3. The maximum absolute atomic E-state index is 13.3. The number of nitrogens with zero attached hydrogens (tertiary/aromatic N) is 1. The summed E-state index contributed by atoms with van der Waals surface area (Å²) in [4.78, 5) is 39.1. The number of ether oxygens (including phenoxy) is 1. The number of alkyl carbamates (subject to hydrolysis) is 1. The highest BCUT2D eigenvalue weighted by Crippen LogP contribution is 2.44. The second-order valence-electron chi connectivity index (χ2n) is 9.53. The number of carboxylic acids is 1. The molecule has 2 N–H and O–H groups in total. The second-order valence-corrected chi connectivity index (χ2v) is 9.53. The predicted molar refractivity (Wildman–Crippen MR) is 126 cm³/mol. The van der Waals surface area contributed by atoms with Gasteiger partial charge in [-0.15, -0.1) is 0 Å². The van der Waals surface area contributed by atoms with Gasteiger partial charge in [-0.05, 0) is 60.3 Å². The average molecular weight is 463 g/mol. The Morgan fingerprint density at radius 3 is 2.26 bits per heavy atom. The van der Waals surface area contributed by atoms with Crippen molar-refractivity contribution in [1.29, 1.82) is 0 Å². The van der Waals surface area contributed by atoms with Gasteiger partial charge in [-0.25, -0.2) is 4.79 Å². The van der Waals surface area contributed by atoms with Crippen LogP contribution in [0.3, 0.4) is 0 Å². The summed E-state index contributed by atoms with van der Waals surface area (Å²) in [5.74, 6) is -0.721. The number of hydrogen-bond donors (Lipinski definition) is 2. The molecule has 1 saturated carbocycles. The van der Waals surface area contributed by atoms with Crippen LogP contribution in [0.15, 0.2) is 48.5 Å². The van der Waals surface area contributed by atoms with Gasteiger partial charge in [-0.2, -0.15) is 0 Å². The summed E-state index contributed by atoms with van der Waals surface area (Å²) < 4.78 is 5.61. The Labute approximate surface area is 199 Å². The summed E-state index contributed by atoms with van der Waals surface area (Å²) in [6.45, 7) is 0.810. The van der Waals surface area contributed by atoms with Crippen LogP contribution in [0.4, 0.5) is 4.79 Å². The zero-order valence-corrected chi connectivity index (χ0v) is 19.1. The number of likely N-dealkylation sites (tertiary alicyclic amines) is 1. The van der Waals surface area contributed by atoms with Gasteiger partial charge < -0.3 is 20.1 Å². The minimum Gasteiger partial charge on any atom is -0.481 e. The molecule has 178 valence electrons. The first kappa shape index (κ1) is 22.4. The molecule has 2 fully saturated rings. The standard InChI is InChI=1S/C27H30N2O5/c30-25(31)14-13-23(26(32)29-15-5-10-24(29)17-11-12-17)28-27(33)34-16-22-20-8-3-1-6-18(20)19-7-2-4-9-21(19)22/h1-4,6-9,17,22-24H,5,10-16H2,(H,28,33)(H,30,31). The van der Waals surface area contributed by atoms with Crippen molar-refractivity contribution in [3.8, 4) is 11.1 Å². The van der Waals surface area contributed by atoms with Crippen LogP contribution in [-0.2, 0) is 14.3 Å². The molecule has 2 unspecified atom stereocenters. The SMILES string of the molecule is O=C(O)CCC(NC(=O)OCC1c2ccccc2-c2ccccc21)C(=O)N1CCCC1C1CC1. The minimum atomic E-state index is -0.993. The molecule has 0 bridgehead atoms. The number of carbonyl (C=O) groups is 3. The molecule has 0 spiro atoms. The number of rotatable bonds is 8. The molecule has 0 aromatic heterocycles. The Kier molecular flexibility index (Phi) is 6.26. The fourth-order valence-corrected chi connectivity index (χ4v) is 5.54. The molecule has 7 heteroatoms. The number of carbonyl (C=O) groups excluding carboxylic acids is 2. The quantitative estimate of drug-likeness (QED) is 0.614. The van der Waals surface area contributed by atoms with E-state index in [2.05, 4.69) is 17.4 Å². The number of amides is 2. The average Bonchev–Trinajstić information content (AvgIpc) is 3.48. The molecule has 2 amide bonds. The van der Waals surface area contributed by atoms with Crippen molar-refractivity contribution in [1.82, 2.24) is 10.2 Å². The van der Waals surface area contributed by atoms with Gasteiger partial charge in [0.1, 0.15) is 12.6 Å². The van der Waals surface area contributed by atoms with E-state index >= 15 is 0 Å². The van der Waals surface area contributed by atoms with E-state index in [4.69, 9.17) is 9.84 Å². The summed E-state index contributed by atoms with van der Waals surface area (Å²) in [6.07, 6.45) is 3.36. The minimum absolute atomic E-state index is 0.0479. The van der Waals surface area contributed by atoms with Gasteiger partial charge in [-0.3, -0.25) is 9.59 Å². The molecule has 2 aromatic carbocycles. The van der Waals surface area contributed by atoms with E-state index < -0.39 is 18.1 Å². The summed E-state index contributed by atoms with van der Waals surface area (Å²) in [5.41, 5.74) is 4.50. The summed E-state index contributed by atoms with van der Waals surface area (Å²) in [7, 11) is 0. The van der Waals surface area contributed by atoms with E-state index in [0.29, 0.717) is 12.5 Å². The molecule has 2 atom stereocenters. The number of aliphatic carboxylic acids is 1. The van der Waals surface area contributed by atoms with Crippen LogP contribution < -0.4 is 5.32 Å². The summed E-state index contributed by atoms with van der Waals surface area (Å²) >= 11 is 0. The topological polar surface area (TPSA) is 95.9 Å². The molecule has 1 heterocycles. The molecule has 2 aromatic rings. The Hall–Kier alpha value is -3.35. The number of carboxylic acid groups (broad SMARTS) is 1. The lowest BCUT2D eigenvalue weighted by Gasteiger charge is -2.29. The molecule has 3 aliphatic rings. The van der Waals surface area contributed by atoms with Crippen LogP contribution in [0.1, 0.15) is 55.6 Å². The van der Waals surface area contributed by atoms with Gasteiger partial charge in [-0.1, -0.05) is 48.5 Å². The molecule has 5 rings (SSSR count). The highest BCUT2D eigenvalue weighted by atomic mass is 16.5. The number of benzene rings is 2. The second kappa shape index (κ2) is 9.49. The van der Waals surface area contributed by atoms with Crippen LogP contribution in [0.25, 0.3) is 11.1 Å². The molecular formula is C27H30N2O5. The van der Waals surface area contributed by atoms with Gasteiger partial charge in [0.05, 0.1) is 0 Å². The lowest BCUT2D eigenvalue weighted by Crippen LogP contribution is -2.50. The summed E-state index contributed by atoms with van der Waals surface area (Å²) in [5, 5.41) is 11.8. The Bertz CT molecular complexity index is 1050. The van der Waals surface area contributed by atoms with E-state index in [1.165, 1.54) is 0 Å². The largest absolute Gasteiger partial charge is 0.481 e. The monoisotopic (exact) mass is 462 g/mol. The van der Waals surface area contributed by atoms with E-state index in [1.807, 2.05) is 41.3 Å². The van der Waals surface area contributed by atoms with Crippen LogP contribution in [0, 0.1) is 5.92 Å². The van der Waals surface area contributed by atoms with E-state index in [-0.39, 0.29) is 37.3 Å². The van der Waals surface area contributed by atoms with Gasteiger partial charge >= 0.3 is 12.1 Å². The molecule has 1 aliphatic heterocycles. The van der Waals surface area contributed by atoms with Crippen molar-refractivity contribution >= 4 is 18.0 Å². The highest BCUT2D eigenvalue weighted by Gasteiger charge is 2.42. The van der Waals surface area contributed by atoms with Crippen molar-refractivity contribution in [2.24, 2.45) is 5.92 Å². The van der Waals surface area contributed by atoms with E-state index in [9.17, 15) is 14.4 Å². The first-order chi connectivity index (χ1) is 16.5. The third kappa shape index (κ3) is 4.52. The zero-order valence-electron chi connectivity index (χ0n) is 19.1. The molecule has 7 nitrogen and oxygen atoms in total. The smallest absolute Gasteiger partial charge is 0.407 e. The van der Waals surface area contributed by atoms with Crippen molar-refractivity contribution in [3.05, 3.63) is 59.7 Å². The Morgan fingerprint density at radius 1 is 1.00 bits per heavy atom. The molecule has 2 aliphatic carbocycles. The van der Waals surface area contributed by atoms with Gasteiger partial charge in [0.25, 0.3) is 0 Å². The lowest BCUT2D eigenvalue weighted by molar-refractivity contribution is -0.138. The highest BCUT2D eigenvalue weighted by molar-refractivity contribution is 5.87. The fraction of sp³-hybridized carbons (Fsp3) is 0.444. The number of nitrogens with one attached hydrogen (secondary N) is 1. The fourth-order valence-electron chi connectivity index (χ4n) is 5.54. The normalized spacial score (nSPS) is 19.9. The molecule has 34 heavy (non-hydrogen) atoms. The van der Waals surface area contributed by atoms with Crippen molar-refractivity contribution in [3.63, 3.8) is 0 Å². The summed E-state index contributed by atoms with van der Waals surface area (Å²) in [6, 6.07) is 15.5. The maximum atomic E-state index is 13.3. The predicted octanol–water partition coefficient (Wildman–Crippen LogP) is 4.16. The maximum Gasteiger partial charge on any atom is 0.407 e.